The van der Waals surface area contributed by atoms with Gasteiger partial charge >= 0.3 is 0 Å². The number of halogens is 1. The number of carbonyl (C=O) groups excluding carboxylic acids is 1. The maximum Gasteiger partial charge on any atom is 0.227 e. The molecule has 5 heteroatoms. The Morgan fingerprint density at radius 2 is 1.85 bits per heavy atom. The highest BCUT2D eigenvalue weighted by molar-refractivity contribution is 5.78. The van der Waals surface area contributed by atoms with E-state index in [-0.39, 0.29) is 18.1 Å². The molecule has 4 nitrogen and oxygen atoms in total. The van der Waals surface area contributed by atoms with Crippen molar-refractivity contribution in [2.24, 2.45) is 0 Å². The zero-order chi connectivity index (χ0) is 18.4. The first-order valence-electron chi connectivity index (χ1n) is 9.01. The topological polar surface area (TPSA) is 32.8 Å². The number of nitrogens with zero attached hydrogens (tertiary/aromatic N) is 2. The van der Waals surface area contributed by atoms with Crippen molar-refractivity contribution in [3.05, 3.63) is 65.5 Å². The molecule has 0 N–H and O–H groups in total. The molecule has 0 atom stereocenters. The lowest BCUT2D eigenvalue weighted by molar-refractivity contribution is -0.130. The Bertz CT molecular complexity index is 733. The normalized spacial score (nSPS) is 15.5. The lowest BCUT2D eigenvalue weighted by Gasteiger charge is -2.22. The fraction of sp³-hybridized carbons (Fsp3) is 0.381. The van der Waals surface area contributed by atoms with Gasteiger partial charge < -0.3 is 9.64 Å². The molecule has 0 aromatic heterocycles. The van der Waals surface area contributed by atoms with Crippen LogP contribution in [-0.4, -0.2) is 49.0 Å². The van der Waals surface area contributed by atoms with Crippen LogP contribution in [0.1, 0.15) is 17.5 Å². The van der Waals surface area contributed by atoms with Gasteiger partial charge in [0.25, 0.3) is 0 Å². The Balaban J connectivity index is 1.53. The standard InChI is InChI=1S/C21H25FN2O2/c1-26-20-8-6-17(7-9-20)16-23-10-3-11-24(13-12-23)21(25)15-18-4-2-5-19(22)14-18/h2,4-9,14H,3,10-13,15-16H2,1H3. The van der Waals surface area contributed by atoms with E-state index < -0.39 is 0 Å². The molecule has 0 spiro atoms. The smallest absolute Gasteiger partial charge is 0.227 e. The third-order valence-corrected chi connectivity index (χ3v) is 4.75. The molecule has 0 aliphatic carbocycles. The van der Waals surface area contributed by atoms with Crippen molar-refractivity contribution >= 4 is 5.91 Å². The van der Waals surface area contributed by atoms with Crippen molar-refractivity contribution in [2.75, 3.05) is 33.3 Å². The van der Waals surface area contributed by atoms with Gasteiger partial charge in [-0.05, 0) is 41.8 Å². The van der Waals surface area contributed by atoms with Crippen LogP contribution in [0.5, 0.6) is 5.75 Å². The molecule has 138 valence electrons. The molecular formula is C21H25FN2O2. The number of rotatable bonds is 5. The van der Waals surface area contributed by atoms with Crippen LogP contribution in [0.2, 0.25) is 0 Å². The number of carbonyl (C=O) groups is 1. The second kappa shape index (κ2) is 8.81. The lowest BCUT2D eigenvalue weighted by atomic mass is 10.1. The number of hydrogen-bond acceptors (Lipinski definition) is 3. The number of benzene rings is 2. The second-order valence-electron chi connectivity index (χ2n) is 6.67. The molecule has 1 saturated heterocycles. The first-order chi connectivity index (χ1) is 12.6. The van der Waals surface area contributed by atoms with Gasteiger partial charge in [0.15, 0.2) is 0 Å². The van der Waals surface area contributed by atoms with E-state index in [9.17, 15) is 9.18 Å². The van der Waals surface area contributed by atoms with Gasteiger partial charge in [0.1, 0.15) is 11.6 Å². The predicted molar refractivity (Wildman–Crippen MR) is 99.6 cm³/mol. The van der Waals surface area contributed by atoms with E-state index in [1.807, 2.05) is 17.0 Å². The van der Waals surface area contributed by atoms with Crippen LogP contribution >= 0.6 is 0 Å². The first-order valence-corrected chi connectivity index (χ1v) is 9.01. The molecule has 1 aliphatic rings. The van der Waals surface area contributed by atoms with Crippen LogP contribution in [-0.2, 0) is 17.8 Å². The van der Waals surface area contributed by atoms with Gasteiger partial charge in [-0.15, -0.1) is 0 Å². The summed E-state index contributed by atoms with van der Waals surface area (Å²) in [6.45, 7) is 4.16. The van der Waals surface area contributed by atoms with E-state index in [0.717, 1.165) is 43.9 Å². The molecule has 0 radical (unpaired) electrons. The number of ether oxygens (including phenoxy) is 1. The fourth-order valence-electron chi connectivity index (χ4n) is 3.30. The summed E-state index contributed by atoms with van der Waals surface area (Å²) in [4.78, 5) is 16.8. The third kappa shape index (κ3) is 5.05. The average molecular weight is 356 g/mol. The highest BCUT2D eigenvalue weighted by atomic mass is 19.1. The summed E-state index contributed by atoms with van der Waals surface area (Å²) in [7, 11) is 1.67. The van der Waals surface area contributed by atoms with E-state index in [2.05, 4.69) is 17.0 Å². The highest BCUT2D eigenvalue weighted by Crippen LogP contribution is 2.15. The molecule has 0 saturated carbocycles. The van der Waals surface area contributed by atoms with E-state index in [1.165, 1.54) is 17.7 Å². The minimum absolute atomic E-state index is 0.0712. The van der Waals surface area contributed by atoms with Crippen LogP contribution in [0, 0.1) is 5.82 Å². The zero-order valence-corrected chi connectivity index (χ0v) is 15.2. The monoisotopic (exact) mass is 356 g/mol. The molecule has 3 rings (SSSR count). The van der Waals surface area contributed by atoms with E-state index in [1.54, 1.807) is 19.2 Å². The Labute approximate surface area is 154 Å². The zero-order valence-electron chi connectivity index (χ0n) is 15.2. The third-order valence-electron chi connectivity index (χ3n) is 4.75. The van der Waals surface area contributed by atoms with Crippen LogP contribution < -0.4 is 4.74 Å². The summed E-state index contributed by atoms with van der Waals surface area (Å²) in [6, 6.07) is 14.4. The maximum absolute atomic E-state index is 13.3. The van der Waals surface area contributed by atoms with E-state index >= 15 is 0 Å². The van der Waals surface area contributed by atoms with Gasteiger partial charge in [-0.25, -0.2) is 4.39 Å². The number of methoxy groups -OCH3 is 1. The van der Waals surface area contributed by atoms with Crippen LogP contribution in [0.15, 0.2) is 48.5 Å². The average Bonchev–Trinajstić information content (AvgIpc) is 2.88. The molecule has 2 aromatic rings. The Morgan fingerprint density at radius 3 is 2.58 bits per heavy atom. The highest BCUT2D eigenvalue weighted by Gasteiger charge is 2.19. The first kappa shape index (κ1) is 18.4. The molecule has 0 bridgehead atoms. The van der Waals surface area contributed by atoms with Crippen LogP contribution in [0.3, 0.4) is 0 Å². The minimum Gasteiger partial charge on any atom is -0.497 e. The molecule has 26 heavy (non-hydrogen) atoms. The van der Waals surface area contributed by atoms with Crippen molar-refractivity contribution in [3.63, 3.8) is 0 Å². The molecule has 2 aromatic carbocycles. The van der Waals surface area contributed by atoms with Crippen molar-refractivity contribution in [3.8, 4) is 5.75 Å². The Morgan fingerprint density at radius 1 is 1.04 bits per heavy atom. The van der Waals surface area contributed by atoms with Gasteiger partial charge in [0.05, 0.1) is 13.5 Å². The largest absolute Gasteiger partial charge is 0.497 e. The summed E-state index contributed by atoms with van der Waals surface area (Å²) in [5, 5.41) is 0. The summed E-state index contributed by atoms with van der Waals surface area (Å²) >= 11 is 0. The second-order valence-corrected chi connectivity index (χ2v) is 6.67. The maximum atomic E-state index is 13.3. The van der Waals surface area contributed by atoms with E-state index in [0.29, 0.717) is 6.54 Å². The number of hydrogen-bond donors (Lipinski definition) is 0. The van der Waals surface area contributed by atoms with Gasteiger partial charge in [-0.3, -0.25) is 9.69 Å². The number of amides is 1. The lowest BCUT2D eigenvalue weighted by Crippen LogP contribution is -2.36. The van der Waals surface area contributed by atoms with Gasteiger partial charge in [-0.1, -0.05) is 24.3 Å². The molecule has 0 unspecified atom stereocenters. The van der Waals surface area contributed by atoms with Crippen LogP contribution in [0.25, 0.3) is 0 Å². The van der Waals surface area contributed by atoms with Gasteiger partial charge in [0, 0.05) is 32.7 Å². The molecule has 1 fully saturated rings. The molecular weight excluding hydrogens is 331 g/mol. The van der Waals surface area contributed by atoms with Crippen molar-refractivity contribution in [1.82, 2.24) is 9.80 Å². The Kier molecular flexibility index (Phi) is 6.23. The van der Waals surface area contributed by atoms with Gasteiger partial charge in [0.2, 0.25) is 5.91 Å². The quantitative estimate of drug-likeness (QED) is 0.825. The molecule has 1 heterocycles. The summed E-state index contributed by atoms with van der Waals surface area (Å²) in [5.74, 6) is 0.637. The van der Waals surface area contributed by atoms with Gasteiger partial charge in [-0.2, -0.15) is 0 Å². The van der Waals surface area contributed by atoms with Crippen molar-refractivity contribution < 1.29 is 13.9 Å². The summed E-state index contributed by atoms with van der Waals surface area (Å²) in [5.41, 5.74) is 1.97. The van der Waals surface area contributed by atoms with Crippen LogP contribution in [0.4, 0.5) is 4.39 Å². The summed E-state index contributed by atoms with van der Waals surface area (Å²) in [6.07, 6.45) is 1.21. The molecule has 1 amide bonds. The fourth-order valence-corrected chi connectivity index (χ4v) is 3.30. The molecule has 1 aliphatic heterocycles. The predicted octanol–water partition coefficient (Wildman–Crippen LogP) is 3.11. The SMILES string of the molecule is COc1ccc(CN2CCCN(C(=O)Cc3cccc(F)c3)CC2)cc1. The van der Waals surface area contributed by atoms with Crippen molar-refractivity contribution in [2.45, 2.75) is 19.4 Å². The minimum atomic E-state index is -0.295. The Hall–Kier alpha value is -2.40. The van der Waals surface area contributed by atoms with Crippen molar-refractivity contribution in [1.29, 1.82) is 0 Å². The van der Waals surface area contributed by atoms with E-state index in [4.69, 9.17) is 4.74 Å². The summed E-state index contributed by atoms with van der Waals surface area (Å²) < 4.78 is 18.5.